The van der Waals surface area contributed by atoms with Crippen molar-refractivity contribution in [1.29, 1.82) is 0 Å². The van der Waals surface area contributed by atoms with E-state index < -0.39 is 15.4 Å². The van der Waals surface area contributed by atoms with Gasteiger partial charge in [-0.3, -0.25) is 14.5 Å². The first-order valence-corrected chi connectivity index (χ1v) is 13.0. The van der Waals surface area contributed by atoms with E-state index in [1.165, 1.54) is 17.7 Å². The maximum atomic E-state index is 12.6. The van der Waals surface area contributed by atoms with Gasteiger partial charge in [0.1, 0.15) is 5.69 Å². The Labute approximate surface area is 198 Å². The molecule has 1 amide bonds. The maximum absolute atomic E-state index is 12.6. The molecule has 2 aromatic carbocycles. The number of carbonyl (C=O) groups is 1. The van der Waals surface area contributed by atoms with Gasteiger partial charge in [-0.25, -0.2) is 8.42 Å². The lowest BCUT2D eigenvalue weighted by atomic mass is 10.2. The molecule has 0 saturated carbocycles. The normalized spacial score (nSPS) is 14.8. The molecule has 1 aliphatic heterocycles. The zero-order valence-electron chi connectivity index (χ0n) is 19.0. The van der Waals surface area contributed by atoms with E-state index in [0.717, 1.165) is 25.9 Å². The van der Waals surface area contributed by atoms with Crippen molar-refractivity contribution in [3.8, 4) is 11.4 Å². The van der Waals surface area contributed by atoms with Gasteiger partial charge in [0.05, 0.1) is 4.90 Å². The highest BCUT2D eigenvalue weighted by atomic mass is 32.2. The number of benzene rings is 2. The number of carbonyl (C=O) groups excluding carboxylic acids is 1. The molecular weight excluding hydrogens is 454 g/mol. The Hall–Kier alpha value is -3.37. The van der Waals surface area contributed by atoms with Crippen molar-refractivity contribution in [1.82, 2.24) is 25.0 Å². The van der Waals surface area contributed by atoms with Gasteiger partial charge in [0.2, 0.25) is 5.91 Å². The third-order valence-electron chi connectivity index (χ3n) is 5.87. The van der Waals surface area contributed by atoms with E-state index in [1.807, 2.05) is 23.1 Å². The van der Waals surface area contributed by atoms with Gasteiger partial charge in [0.25, 0.3) is 5.56 Å². The summed E-state index contributed by atoms with van der Waals surface area (Å²) in [5.74, 6) is 0.246. The first kappa shape index (κ1) is 23.8. The fourth-order valence-electron chi connectivity index (χ4n) is 3.89. The predicted molar refractivity (Wildman–Crippen MR) is 128 cm³/mol. The van der Waals surface area contributed by atoms with Gasteiger partial charge in [-0.15, -0.1) is 10.2 Å². The number of hydrogen-bond acceptors (Lipinski definition) is 7. The topological polar surface area (TPSA) is 116 Å². The molecule has 10 heteroatoms. The molecule has 1 aliphatic rings. The third kappa shape index (κ3) is 5.95. The van der Waals surface area contributed by atoms with Crippen molar-refractivity contribution >= 4 is 15.7 Å². The minimum atomic E-state index is -3.31. The number of sulfone groups is 1. The molecule has 1 aromatic heterocycles. The number of aromatic amines is 1. The number of nitrogens with zero attached hydrogens (tertiary/aromatic N) is 4. The van der Waals surface area contributed by atoms with Gasteiger partial charge < -0.3 is 9.88 Å². The van der Waals surface area contributed by atoms with E-state index in [0.29, 0.717) is 18.7 Å². The highest BCUT2D eigenvalue weighted by Gasteiger charge is 2.21. The van der Waals surface area contributed by atoms with Gasteiger partial charge in [0.15, 0.2) is 15.7 Å². The van der Waals surface area contributed by atoms with Gasteiger partial charge >= 0.3 is 0 Å². The molecule has 0 aliphatic carbocycles. The Morgan fingerprint density at radius 2 is 1.65 bits per heavy atom. The van der Waals surface area contributed by atoms with E-state index in [4.69, 9.17) is 0 Å². The van der Waals surface area contributed by atoms with Gasteiger partial charge in [-0.05, 0) is 29.8 Å². The Bertz CT molecular complexity index is 1300. The lowest BCUT2D eigenvalue weighted by molar-refractivity contribution is -0.133. The standard InChI is InChI=1S/C24H27N5O4S/c1-34(32,33)20-9-7-19(8-10-20)23-25-24(31)21(26-27-23)11-12-22(30)29-15-13-28(14-16-29)17-18-5-3-2-4-6-18/h2-10H,11-17H2,1H3,(H,25,27,31). The van der Waals surface area contributed by atoms with Gasteiger partial charge in [0, 0.05) is 57.4 Å². The molecule has 0 spiro atoms. The molecule has 4 rings (SSSR count). The van der Waals surface area contributed by atoms with Crippen LogP contribution in [-0.2, 0) is 27.6 Å². The SMILES string of the molecule is CS(=O)(=O)c1ccc(-c2nnc(CCC(=O)N3CCN(Cc4ccccc4)CC3)c(=O)[nH]2)cc1. The summed E-state index contributed by atoms with van der Waals surface area (Å²) in [6.07, 6.45) is 1.53. The fraction of sp³-hybridized carbons (Fsp3) is 0.333. The molecule has 0 bridgehead atoms. The van der Waals surface area contributed by atoms with Gasteiger partial charge in [-0.2, -0.15) is 0 Å². The summed E-state index contributed by atoms with van der Waals surface area (Å²) >= 11 is 0. The number of aromatic nitrogens is 3. The predicted octanol–water partition coefficient (Wildman–Crippen LogP) is 1.51. The largest absolute Gasteiger partial charge is 0.340 e. The van der Waals surface area contributed by atoms with Crippen molar-refractivity contribution in [3.63, 3.8) is 0 Å². The van der Waals surface area contributed by atoms with Crippen molar-refractivity contribution < 1.29 is 13.2 Å². The second-order valence-electron chi connectivity index (χ2n) is 8.39. The van der Waals surface area contributed by atoms with Crippen LogP contribution in [0.3, 0.4) is 0 Å². The van der Waals surface area contributed by atoms with E-state index in [1.54, 1.807) is 12.1 Å². The van der Waals surface area contributed by atoms with Crippen LogP contribution in [0.15, 0.2) is 64.3 Å². The average molecular weight is 482 g/mol. The minimum absolute atomic E-state index is 0.000927. The molecule has 178 valence electrons. The van der Waals surface area contributed by atoms with Crippen molar-refractivity contribution in [2.24, 2.45) is 0 Å². The van der Waals surface area contributed by atoms with Crippen LogP contribution in [0, 0.1) is 0 Å². The maximum Gasteiger partial charge on any atom is 0.273 e. The number of piperazine rings is 1. The number of amides is 1. The second kappa shape index (κ2) is 10.3. The first-order valence-electron chi connectivity index (χ1n) is 11.1. The van der Waals surface area contributed by atoms with Crippen LogP contribution in [0.5, 0.6) is 0 Å². The molecule has 9 nitrogen and oxygen atoms in total. The summed E-state index contributed by atoms with van der Waals surface area (Å²) < 4.78 is 23.2. The summed E-state index contributed by atoms with van der Waals surface area (Å²) in [6, 6.07) is 16.3. The molecule has 3 aromatic rings. The van der Waals surface area contributed by atoms with Crippen LogP contribution in [0.25, 0.3) is 11.4 Å². The summed E-state index contributed by atoms with van der Waals surface area (Å²) in [6.45, 7) is 3.82. The number of hydrogen-bond donors (Lipinski definition) is 1. The fourth-order valence-corrected chi connectivity index (χ4v) is 4.52. The lowest BCUT2D eigenvalue weighted by Gasteiger charge is -2.34. The lowest BCUT2D eigenvalue weighted by Crippen LogP contribution is -2.48. The van der Waals surface area contributed by atoms with Crippen LogP contribution in [0.4, 0.5) is 0 Å². The number of H-pyrrole nitrogens is 1. The Morgan fingerprint density at radius 1 is 0.971 bits per heavy atom. The van der Waals surface area contributed by atoms with Crippen LogP contribution < -0.4 is 5.56 Å². The molecule has 2 heterocycles. The highest BCUT2D eigenvalue weighted by molar-refractivity contribution is 7.90. The van der Waals surface area contributed by atoms with Crippen LogP contribution in [-0.4, -0.2) is 71.7 Å². The molecule has 0 atom stereocenters. The third-order valence-corrected chi connectivity index (χ3v) is 7.00. The molecule has 0 unspecified atom stereocenters. The molecular formula is C24H27N5O4S. The number of nitrogens with one attached hydrogen (secondary N) is 1. The summed E-state index contributed by atoms with van der Waals surface area (Å²) in [4.78, 5) is 32.1. The zero-order chi connectivity index (χ0) is 24.1. The summed E-state index contributed by atoms with van der Waals surface area (Å²) in [7, 11) is -3.31. The van der Waals surface area contributed by atoms with Gasteiger partial charge in [-0.1, -0.05) is 30.3 Å². The minimum Gasteiger partial charge on any atom is -0.340 e. The van der Waals surface area contributed by atoms with E-state index in [9.17, 15) is 18.0 Å². The average Bonchev–Trinajstić information content (AvgIpc) is 2.84. The van der Waals surface area contributed by atoms with Crippen LogP contribution >= 0.6 is 0 Å². The quantitative estimate of drug-likeness (QED) is 0.544. The Balaban J connectivity index is 1.30. The second-order valence-corrected chi connectivity index (χ2v) is 10.4. The summed E-state index contributed by atoms with van der Waals surface area (Å²) in [5, 5.41) is 8.07. The van der Waals surface area contributed by atoms with E-state index in [2.05, 4.69) is 32.2 Å². The van der Waals surface area contributed by atoms with Crippen molar-refractivity contribution in [3.05, 3.63) is 76.2 Å². The van der Waals surface area contributed by atoms with Crippen molar-refractivity contribution in [2.45, 2.75) is 24.3 Å². The molecule has 1 N–H and O–H groups in total. The van der Waals surface area contributed by atoms with E-state index in [-0.39, 0.29) is 35.2 Å². The van der Waals surface area contributed by atoms with Crippen LogP contribution in [0.2, 0.25) is 0 Å². The zero-order valence-corrected chi connectivity index (χ0v) is 19.8. The highest BCUT2D eigenvalue weighted by Crippen LogP contribution is 2.17. The molecule has 1 saturated heterocycles. The monoisotopic (exact) mass is 481 g/mol. The van der Waals surface area contributed by atoms with E-state index >= 15 is 0 Å². The molecule has 1 fully saturated rings. The Morgan fingerprint density at radius 3 is 2.26 bits per heavy atom. The number of rotatable bonds is 7. The molecule has 34 heavy (non-hydrogen) atoms. The first-order chi connectivity index (χ1) is 16.3. The summed E-state index contributed by atoms with van der Waals surface area (Å²) in [5.41, 5.74) is 1.60. The number of aryl methyl sites for hydroxylation is 1. The van der Waals surface area contributed by atoms with Crippen LogP contribution in [0.1, 0.15) is 17.7 Å². The van der Waals surface area contributed by atoms with Crippen molar-refractivity contribution in [2.75, 3.05) is 32.4 Å². The Kier molecular flexibility index (Phi) is 7.18. The smallest absolute Gasteiger partial charge is 0.273 e. The molecule has 0 radical (unpaired) electrons.